The fraction of sp³-hybridized carbons (Fsp3) is 0.278. The van der Waals surface area contributed by atoms with Gasteiger partial charge in [-0.2, -0.15) is 0 Å². The summed E-state index contributed by atoms with van der Waals surface area (Å²) >= 11 is 0. The van der Waals surface area contributed by atoms with Gasteiger partial charge in [0, 0.05) is 12.8 Å². The largest absolute Gasteiger partial charge is 0.497 e. The predicted octanol–water partition coefficient (Wildman–Crippen LogP) is 3.31. The molecule has 0 fully saturated rings. The Morgan fingerprint density at radius 2 is 1.91 bits per heavy atom. The minimum atomic E-state index is -0.531. The molecule has 3 rings (SSSR count). The Morgan fingerprint density at radius 1 is 1.18 bits per heavy atom. The molecule has 0 saturated heterocycles. The van der Waals surface area contributed by atoms with E-state index in [1.165, 1.54) is 0 Å². The van der Waals surface area contributed by atoms with Crippen LogP contribution in [-0.4, -0.2) is 24.0 Å². The molecule has 0 radical (unpaired) electrons. The van der Waals surface area contributed by atoms with Gasteiger partial charge in [0.05, 0.1) is 18.9 Å². The van der Waals surface area contributed by atoms with Gasteiger partial charge in [0.25, 0.3) is 0 Å². The maximum Gasteiger partial charge on any atom is 0.136 e. The average Bonchev–Trinajstić information content (AvgIpc) is 3.04. The molecule has 2 atom stereocenters. The van der Waals surface area contributed by atoms with E-state index in [1.807, 2.05) is 54.6 Å². The molecule has 22 heavy (non-hydrogen) atoms. The van der Waals surface area contributed by atoms with Crippen molar-refractivity contribution in [3.63, 3.8) is 0 Å². The molecule has 2 aromatic carbocycles. The van der Waals surface area contributed by atoms with Crippen molar-refractivity contribution in [1.82, 2.24) is 0 Å². The maximum atomic E-state index is 10.3. The van der Waals surface area contributed by atoms with Gasteiger partial charge in [-0.05, 0) is 35.4 Å². The zero-order chi connectivity index (χ0) is 15.4. The molecule has 0 bridgehead atoms. The van der Waals surface area contributed by atoms with Crippen molar-refractivity contribution in [2.75, 3.05) is 7.11 Å². The molecule has 4 nitrogen and oxygen atoms in total. The SMILES string of the molecule is COc1ccc(C2=NO[C@H](C[C@@H](O)c3ccccc3)C2)cc1. The molecule has 0 aliphatic carbocycles. The quantitative estimate of drug-likeness (QED) is 0.921. The molecule has 0 spiro atoms. The third kappa shape index (κ3) is 3.28. The Bertz CT molecular complexity index is 637. The van der Waals surface area contributed by atoms with E-state index in [0.29, 0.717) is 12.8 Å². The van der Waals surface area contributed by atoms with Crippen LogP contribution in [0.15, 0.2) is 59.8 Å². The van der Waals surface area contributed by atoms with E-state index in [0.717, 1.165) is 22.6 Å². The molecule has 0 amide bonds. The molecule has 114 valence electrons. The number of nitrogens with zero attached hydrogens (tertiary/aromatic N) is 1. The van der Waals surface area contributed by atoms with E-state index >= 15 is 0 Å². The lowest BCUT2D eigenvalue weighted by Gasteiger charge is -2.14. The molecule has 0 aromatic heterocycles. The molecular formula is C18H19NO3. The zero-order valence-corrected chi connectivity index (χ0v) is 12.5. The highest BCUT2D eigenvalue weighted by Gasteiger charge is 2.25. The van der Waals surface area contributed by atoms with Crippen molar-refractivity contribution in [3.8, 4) is 5.75 Å². The standard InChI is InChI=1S/C18H19NO3/c1-21-15-9-7-13(8-10-15)17-11-16(22-19-17)12-18(20)14-5-3-2-4-6-14/h2-10,16,18,20H,11-12H2,1H3/t16-,18+/m0/s1. The first-order chi connectivity index (χ1) is 10.8. The lowest BCUT2D eigenvalue weighted by molar-refractivity contribution is 0.0363. The normalized spacial score (nSPS) is 18.5. The van der Waals surface area contributed by atoms with Gasteiger partial charge in [-0.1, -0.05) is 35.5 Å². The summed E-state index contributed by atoms with van der Waals surface area (Å²) in [5, 5.41) is 14.4. The second kappa shape index (κ2) is 6.62. The number of rotatable bonds is 5. The summed E-state index contributed by atoms with van der Waals surface area (Å²) in [7, 11) is 1.65. The van der Waals surface area contributed by atoms with Crippen molar-refractivity contribution >= 4 is 5.71 Å². The van der Waals surface area contributed by atoms with E-state index in [2.05, 4.69) is 5.16 Å². The summed E-state index contributed by atoms with van der Waals surface area (Å²) in [6.07, 6.45) is 0.618. The minimum Gasteiger partial charge on any atom is -0.497 e. The third-order valence-corrected chi connectivity index (χ3v) is 3.83. The topological polar surface area (TPSA) is 51.0 Å². The van der Waals surface area contributed by atoms with Gasteiger partial charge in [-0.15, -0.1) is 0 Å². The summed E-state index contributed by atoms with van der Waals surface area (Å²) in [6, 6.07) is 17.4. The molecular weight excluding hydrogens is 278 g/mol. The number of methoxy groups -OCH3 is 1. The van der Waals surface area contributed by atoms with Gasteiger partial charge >= 0.3 is 0 Å². The van der Waals surface area contributed by atoms with Crippen LogP contribution in [-0.2, 0) is 4.84 Å². The van der Waals surface area contributed by atoms with Gasteiger partial charge in [0.1, 0.15) is 11.9 Å². The first-order valence-corrected chi connectivity index (χ1v) is 7.36. The Kier molecular flexibility index (Phi) is 4.39. The van der Waals surface area contributed by atoms with Crippen LogP contribution in [0.2, 0.25) is 0 Å². The van der Waals surface area contributed by atoms with Gasteiger partial charge in [-0.3, -0.25) is 0 Å². The molecule has 1 heterocycles. The Hall–Kier alpha value is -2.33. The number of hydrogen-bond donors (Lipinski definition) is 1. The Morgan fingerprint density at radius 3 is 2.59 bits per heavy atom. The fourth-order valence-electron chi connectivity index (χ4n) is 2.57. The second-order valence-electron chi connectivity index (χ2n) is 5.36. The number of oxime groups is 1. The summed E-state index contributed by atoms with van der Waals surface area (Å²) in [4.78, 5) is 5.47. The monoisotopic (exact) mass is 297 g/mol. The lowest BCUT2D eigenvalue weighted by atomic mass is 9.98. The molecule has 1 aliphatic heterocycles. The smallest absolute Gasteiger partial charge is 0.136 e. The van der Waals surface area contributed by atoms with E-state index in [9.17, 15) is 5.11 Å². The van der Waals surface area contributed by atoms with Crippen LogP contribution in [0, 0.1) is 0 Å². The predicted molar refractivity (Wildman–Crippen MR) is 85.0 cm³/mol. The molecule has 1 aliphatic rings. The van der Waals surface area contributed by atoms with E-state index < -0.39 is 6.10 Å². The van der Waals surface area contributed by atoms with Crippen molar-refractivity contribution in [1.29, 1.82) is 0 Å². The van der Waals surface area contributed by atoms with Crippen molar-refractivity contribution in [2.45, 2.75) is 25.0 Å². The van der Waals surface area contributed by atoms with Crippen LogP contribution < -0.4 is 4.74 Å². The highest BCUT2D eigenvalue weighted by atomic mass is 16.6. The summed E-state index contributed by atoms with van der Waals surface area (Å²) in [6.45, 7) is 0. The van der Waals surface area contributed by atoms with Crippen LogP contribution in [0.1, 0.15) is 30.1 Å². The number of aliphatic hydroxyl groups excluding tert-OH is 1. The fourth-order valence-corrected chi connectivity index (χ4v) is 2.57. The number of ether oxygens (including phenoxy) is 1. The van der Waals surface area contributed by atoms with Gasteiger partial charge in [-0.25, -0.2) is 0 Å². The second-order valence-corrected chi connectivity index (χ2v) is 5.36. The molecule has 1 N–H and O–H groups in total. The lowest BCUT2D eigenvalue weighted by Crippen LogP contribution is -2.13. The van der Waals surface area contributed by atoms with Crippen LogP contribution in [0.4, 0.5) is 0 Å². The molecule has 2 aromatic rings. The zero-order valence-electron chi connectivity index (χ0n) is 12.5. The molecule has 0 unspecified atom stereocenters. The summed E-state index contributed by atoms with van der Waals surface area (Å²) in [5.41, 5.74) is 2.84. The summed E-state index contributed by atoms with van der Waals surface area (Å²) < 4.78 is 5.15. The highest BCUT2D eigenvalue weighted by Crippen LogP contribution is 2.26. The van der Waals surface area contributed by atoms with Crippen LogP contribution in [0.25, 0.3) is 0 Å². The van der Waals surface area contributed by atoms with E-state index in [-0.39, 0.29) is 6.10 Å². The van der Waals surface area contributed by atoms with Crippen molar-refractivity contribution in [3.05, 3.63) is 65.7 Å². The molecule has 0 saturated carbocycles. The number of benzene rings is 2. The Balaban J connectivity index is 1.59. The highest BCUT2D eigenvalue weighted by molar-refractivity contribution is 6.01. The van der Waals surface area contributed by atoms with Crippen molar-refractivity contribution < 1.29 is 14.7 Å². The first-order valence-electron chi connectivity index (χ1n) is 7.36. The number of aliphatic hydroxyl groups is 1. The van der Waals surface area contributed by atoms with Gasteiger partial charge in [0.2, 0.25) is 0 Å². The van der Waals surface area contributed by atoms with Crippen molar-refractivity contribution in [2.24, 2.45) is 5.16 Å². The van der Waals surface area contributed by atoms with Gasteiger partial charge < -0.3 is 14.7 Å². The number of hydrogen-bond acceptors (Lipinski definition) is 4. The van der Waals surface area contributed by atoms with Crippen LogP contribution >= 0.6 is 0 Å². The maximum absolute atomic E-state index is 10.3. The third-order valence-electron chi connectivity index (χ3n) is 3.83. The average molecular weight is 297 g/mol. The van der Waals surface area contributed by atoms with Crippen LogP contribution in [0.5, 0.6) is 5.75 Å². The van der Waals surface area contributed by atoms with Crippen LogP contribution in [0.3, 0.4) is 0 Å². The first kappa shape index (κ1) is 14.6. The summed E-state index contributed by atoms with van der Waals surface area (Å²) in [5.74, 6) is 0.819. The van der Waals surface area contributed by atoms with E-state index in [4.69, 9.17) is 9.57 Å². The minimum absolute atomic E-state index is 0.0905. The van der Waals surface area contributed by atoms with Gasteiger partial charge in [0.15, 0.2) is 0 Å². The molecule has 4 heteroatoms. The van der Waals surface area contributed by atoms with E-state index in [1.54, 1.807) is 7.11 Å². The Labute approximate surface area is 130 Å².